The molecule has 1 aliphatic carbocycles. The predicted molar refractivity (Wildman–Crippen MR) is 85.1 cm³/mol. The van der Waals surface area contributed by atoms with Crippen molar-refractivity contribution in [3.8, 4) is 0 Å². The Labute approximate surface area is 131 Å². The number of halogens is 1. The van der Waals surface area contributed by atoms with Gasteiger partial charge in [0.25, 0.3) is 0 Å². The fourth-order valence-corrected chi connectivity index (χ4v) is 3.73. The lowest BCUT2D eigenvalue weighted by molar-refractivity contribution is -0.123. The molecule has 3 nitrogen and oxygen atoms in total. The van der Waals surface area contributed by atoms with Crippen LogP contribution in [0.5, 0.6) is 0 Å². The largest absolute Gasteiger partial charge is 0.355 e. The number of carbonyl (C=O) groups excluding carboxylic acids is 1. The van der Waals surface area contributed by atoms with E-state index in [1.807, 2.05) is 19.9 Å². The summed E-state index contributed by atoms with van der Waals surface area (Å²) in [7, 11) is 0. The molecular formula is C18H25FN2O. The van der Waals surface area contributed by atoms with E-state index in [1.165, 1.54) is 6.07 Å². The quantitative estimate of drug-likeness (QED) is 0.898. The number of amides is 1. The van der Waals surface area contributed by atoms with Gasteiger partial charge in [-0.05, 0) is 49.4 Å². The topological polar surface area (TPSA) is 41.1 Å². The van der Waals surface area contributed by atoms with Crippen molar-refractivity contribution >= 4 is 5.91 Å². The Morgan fingerprint density at radius 2 is 2.05 bits per heavy atom. The van der Waals surface area contributed by atoms with Gasteiger partial charge in [0.1, 0.15) is 5.82 Å². The lowest BCUT2D eigenvalue weighted by Gasteiger charge is -2.27. The van der Waals surface area contributed by atoms with Crippen LogP contribution < -0.4 is 10.6 Å². The first-order valence-corrected chi connectivity index (χ1v) is 8.18. The fraction of sp³-hybridized carbons (Fsp3) is 0.611. The Kier molecular flexibility index (Phi) is 3.98. The molecule has 1 heterocycles. The van der Waals surface area contributed by atoms with Gasteiger partial charge in [0, 0.05) is 17.9 Å². The van der Waals surface area contributed by atoms with Gasteiger partial charge in [-0.2, -0.15) is 0 Å². The van der Waals surface area contributed by atoms with Crippen molar-refractivity contribution in [3.63, 3.8) is 0 Å². The van der Waals surface area contributed by atoms with Crippen molar-refractivity contribution < 1.29 is 9.18 Å². The number of nitrogens with one attached hydrogen (secondary N) is 2. The first-order chi connectivity index (χ1) is 10.4. The molecule has 1 aromatic rings. The standard InChI is InChI=1S/C18H25FN2O/c1-17(2,13-5-3-4-6-15(13)19)12-21-16(22)14-11-18(14)7-9-20-10-8-18/h3-6,14,20H,7-12H2,1-2H3,(H,21,22). The number of piperidine rings is 1. The Bertz CT molecular complexity index is 564. The van der Waals surface area contributed by atoms with E-state index in [0.29, 0.717) is 12.1 Å². The van der Waals surface area contributed by atoms with E-state index in [2.05, 4.69) is 10.6 Å². The summed E-state index contributed by atoms with van der Waals surface area (Å²) in [5.41, 5.74) is 0.497. The molecule has 3 rings (SSSR count). The van der Waals surface area contributed by atoms with Crippen molar-refractivity contribution in [2.45, 2.75) is 38.5 Å². The molecule has 1 saturated carbocycles. The average Bonchev–Trinajstić information content (AvgIpc) is 3.19. The number of rotatable bonds is 4. The molecule has 1 aromatic carbocycles. The van der Waals surface area contributed by atoms with Crippen molar-refractivity contribution in [1.29, 1.82) is 0 Å². The van der Waals surface area contributed by atoms with Crippen LogP contribution in [0, 0.1) is 17.2 Å². The highest BCUT2D eigenvalue weighted by molar-refractivity contribution is 5.82. The van der Waals surface area contributed by atoms with Crippen LogP contribution in [0.4, 0.5) is 4.39 Å². The van der Waals surface area contributed by atoms with E-state index in [1.54, 1.807) is 12.1 Å². The summed E-state index contributed by atoms with van der Waals surface area (Å²) < 4.78 is 13.9. The van der Waals surface area contributed by atoms with E-state index in [4.69, 9.17) is 0 Å². The third-order valence-electron chi connectivity index (χ3n) is 5.41. The Morgan fingerprint density at radius 1 is 1.36 bits per heavy atom. The zero-order chi connectivity index (χ0) is 15.8. The summed E-state index contributed by atoms with van der Waals surface area (Å²) in [6, 6.07) is 6.81. The molecule has 1 unspecified atom stereocenters. The average molecular weight is 304 g/mol. The molecule has 1 atom stereocenters. The second-order valence-corrected chi connectivity index (χ2v) is 7.45. The van der Waals surface area contributed by atoms with E-state index in [9.17, 15) is 9.18 Å². The van der Waals surface area contributed by atoms with Gasteiger partial charge in [-0.3, -0.25) is 4.79 Å². The number of benzene rings is 1. The van der Waals surface area contributed by atoms with Crippen molar-refractivity contribution in [3.05, 3.63) is 35.6 Å². The number of carbonyl (C=O) groups is 1. The normalized spacial score (nSPS) is 23.3. The van der Waals surface area contributed by atoms with Crippen LogP contribution in [-0.2, 0) is 10.2 Å². The molecule has 1 spiro atoms. The van der Waals surface area contributed by atoms with Gasteiger partial charge < -0.3 is 10.6 Å². The monoisotopic (exact) mass is 304 g/mol. The number of hydrogen-bond donors (Lipinski definition) is 2. The molecule has 2 fully saturated rings. The molecular weight excluding hydrogens is 279 g/mol. The minimum atomic E-state index is -0.406. The third kappa shape index (κ3) is 2.89. The van der Waals surface area contributed by atoms with Gasteiger partial charge in [0.15, 0.2) is 0 Å². The second kappa shape index (κ2) is 5.65. The molecule has 22 heavy (non-hydrogen) atoms. The molecule has 1 saturated heterocycles. The van der Waals surface area contributed by atoms with Gasteiger partial charge in [0.2, 0.25) is 5.91 Å². The fourth-order valence-electron chi connectivity index (χ4n) is 3.73. The SMILES string of the molecule is CC(C)(CNC(=O)C1CC12CCNCC2)c1ccccc1F. The van der Waals surface area contributed by atoms with Gasteiger partial charge in [-0.1, -0.05) is 32.0 Å². The second-order valence-electron chi connectivity index (χ2n) is 7.45. The van der Waals surface area contributed by atoms with E-state index in [0.717, 1.165) is 32.4 Å². The molecule has 0 radical (unpaired) electrons. The lowest BCUT2D eigenvalue weighted by atomic mass is 9.84. The summed E-state index contributed by atoms with van der Waals surface area (Å²) >= 11 is 0. The maximum atomic E-state index is 13.9. The molecule has 4 heteroatoms. The van der Waals surface area contributed by atoms with Crippen LogP contribution in [0.15, 0.2) is 24.3 Å². The van der Waals surface area contributed by atoms with Gasteiger partial charge >= 0.3 is 0 Å². The van der Waals surface area contributed by atoms with Crippen molar-refractivity contribution in [2.24, 2.45) is 11.3 Å². The molecule has 0 aromatic heterocycles. The van der Waals surface area contributed by atoms with E-state index < -0.39 is 5.41 Å². The summed E-state index contributed by atoms with van der Waals surface area (Å²) in [4.78, 5) is 12.4. The maximum absolute atomic E-state index is 13.9. The maximum Gasteiger partial charge on any atom is 0.223 e. The summed E-state index contributed by atoms with van der Waals surface area (Å²) in [6.45, 7) is 6.45. The molecule has 1 amide bonds. The summed E-state index contributed by atoms with van der Waals surface area (Å²) in [5.74, 6) is 0.0975. The Morgan fingerprint density at radius 3 is 2.73 bits per heavy atom. The van der Waals surface area contributed by atoms with Gasteiger partial charge in [-0.25, -0.2) is 4.39 Å². The minimum absolute atomic E-state index is 0.145. The van der Waals surface area contributed by atoms with Crippen LogP contribution in [0.3, 0.4) is 0 Å². The van der Waals surface area contributed by atoms with Crippen molar-refractivity contribution in [2.75, 3.05) is 19.6 Å². The molecule has 0 bridgehead atoms. The summed E-state index contributed by atoms with van der Waals surface area (Å²) in [6.07, 6.45) is 3.21. The van der Waals surface area contributed by atoms with Crippen LogP contribution >= 0.6 is 0 Å². The van der Waals surface area contributed by atoms with Gasteiger partial charge in [0.05, 0.1) is 0 Å². The van der Waals surface area contributed by atoms with Crippen LogP contribution in [0.25, 0.3) is 0 Å². The molecule has 2 aliphatic rings. The van der Waals surface area contributed by atoms with Crippen molar-refractivity contribution in [1.82, 2.24) is 10.6 Å². The first kappa shape index (κ1) is 15.5. The van der Waals surface area contributed by atoms with Crippen LogP contribution in [0.2, 0.25) is 0 Å². The lowest BCUT2D eigenvalue weighted by Crippen LogP contribution is -2.39. The van der Waals surface area contributed by atoms with E-state index in [-0.39, 0.29) is 23.1 Å². The zero-order valence-electron chi connectivity index (χ0n) is 13.4. The first-order valence-electron chi connectivity index (χ1n) is 8.18. The van der Waals surface area contributed by atoms with E-state index >= 15 is 0 Å². The highest BCUT2D eigenvalue weighted by Crippen LogP contribution is 2.58. The molecule has 1 aliphatic heterocycles. The summed E-state index contributed by atoms with van der Waals surface area (Å²) in [5, 5.41) is 6.41. The van der Waals surface area contributed by atoms with Crippen LogP contribution in [-0.4, -0.2) is 25.5 Å². The Hall–Kier alpha value is -1.42. The third-order valence-corrected chi connectivity index (χ3v) is 5.41. The molecule has 120 valence electrons. The number of hydrogen-bond acceptors (Lipinski definition) is 2. The highest BCUT2D eigenvalue weighted by atomic mass is 19.1. The van der Waals surface area contributed by atoms with Crippen LogP contribution in [0.1, 0.15) is 38.7 Å². The zero-order valence-corrected chi connectivity index (χ0v) is 13.4. The Balaban J connectivity index is 1.58. The van der Waals surface area contributed by atoms with Gasteiger partial charge in [-0.15, -0.1) is 0 Å². The smallest absolute Gasteiger partial charge is 0.223 e. The molecule has 2 N–H and O–H groups in total. The predicted octanol–water partition coefficient (Wildman–Crippen LogP) is 2.61. The highest BCUT2D eigenvalue weighted by Gasteiger charge is 2.57. The minimum Gasteiger partial charge on any atom is -0.355 e.